The third kappa shape index (κ3) is 3.56. The first kappa shape index (κ1) is 15.8. The Balaban J connectivity index is 1.38. The molecule has 1 aromatic carbocycles. The van der Waals surface area contributed by atoms with Crippen LogP contribution < -0.4 is 10.1 Å². The van der Waals surface area contributed by atoms with E-state index in [0.29, 0.717) is 5.92 Å². The third-order valence-electron chi connectivity index (χ3n) is 4.56. The van der Waals surface area contributed by atoms with Crippen molar-refractivity contribution >= 4 is 0 Å². The number of aryl methyl sites for hydroxylation is 1. The summed E-state index contributed by atoms with van der Waals surface area (Å²) < 4.78 is 7.74. The summed E-state index contributed by atoms with van der Waals surface area (Å²) in [5.74, 6) is 1.53. The summed E-state index contributed by atoms with van der Waals surface area (Å²) in [6.45, 7) is 2.50. The van der Waals surface area contributed by atoms with Crippen molar-refractivity contribution in [2.24, 2.45) is 13.0 Å². The normalized spacial score (nSPS) is 16.3. The van der Waals surface area contributed by atoms with Crippen LogP contribution in [0.4, 0.5) is 0 Å². The van der Waals surface area contributed by atoms with E-state index in [1.807, 2.05) is 29.9 Å². The molecule has 0 spiro atoms. The topological polar surface area (TPSA) is 52.0 Å². The zero-order chi connectivity index (χ0) is 17.1. The molecule has 0 radical (unpaired) electrons. The Morgan fingerprint density at radius 3 is 2.92 bits per heavy atom. The molecular weight excluding hydrogens is 312 g/mol. The van der Waals surface area contributed by atoms with Crippen LogP contribution in [0, 0.1) is 5.92 Å². The highest BCUT2D eigenvalue weighted by Crippen LogP contribution is 2.26. The van der Waals surface area contributed by atoms with Gasteiger partial charge in [0.05, 0.1) is 12.3 Å². The predicted octanol–water partition coefficient (Wildman–Crippen LogP) is 2.82. The summed E-state index contributed by atoms with van der Waals surface area (Å²) in [7, 11) is 1.96. The van der Waals surface area contributed by atoms with Crippen molar-refractivity contribution in [2.45, 2.75) is 13.0 Å². The van der Waals surface area contributed by atoms with E-state index in [0.717, 1.165) is 43.1 Å². The molecule has 0 unspecified atom stereocenters. The van der Waals surface area contributed by atoms with E-state index in [9.17, 15) is 0 Å². The maximum absolute atomic E-state index is 5.87. The molecule has 0 saturated heterocycles. The van der Waals surface area contributed by atoms with Crippen LogP contribution in [-0.2, 0) is 20.0 Å². The molecule has 2 aromatic heterocycles. The standard InChI is InChI=1S/C20H22N4O/c1-24-13-18(20(23-24)16-6-8-21-9-7-16)12-22-11-15-10-17-4-2-3-5-19(17)25-14-15/h2-9,13,15,22H,10-12,14H2,1H3/t15-/m0/s1. The van der Waals surface area contributed by atoms with E-state index >= 15 is 0 Å². The molecule has 0 bridgehead atoms. The number of benzene rings is 1. The van der Waals surface area contributed by atoms with E-state index < -0.39 is 0 Å². The molecular formula is C20H22N4O. The smallest absolute Gasteiger partial charge is 0.122 e. The van der Waals surface area contributed by atoms with Gasteiger partial charge in [-0.15, -0.1) is 0 Å². The Morgan fingerprint density at radius 2 is 2.04 bits per heavy atom. The van der Waals surface area contributed by atoms with Crippen molar-refractivity contribution in [1.29, 1.82) is 0 Å². The van der Waals surface area contributed by atoms with Crippen molar-refractivity contribution in [1.82, 2.24) is 20.1 Å². The number of ether oxygens (including phenoxy) is 1. The second-order valence-electron chi connectivity index (χ2n) is 6.53. The molecule has 5 nitrogen and oxygen atoms in total. The van der Waals surface area contributed by atoms with Crippen LogP contribution in [0.2, 0.25) is 0 Å². The van der Waals surface area contributed by atoms with Gasteiger partial charge < -0.3 is 10.1 Å². The van der Waals surface area contributed by atoms with Gasteiger partial charge in [0, 0.05) is 55.8 Å². The fraction of sp³-hybridized carbons (Fsp3) is 0.300. The number of hydrogen-bond acceptors (Lipinski definition) is 4. The van der Waals surface area contributed by atoms with Gasteiger partial charge >= 0.3 is 0 Å². The van der Waals surface area contributed by atoms with Gasteiger partial charge in [0.2, 0.25) is 0 Å². The van der Waals surface area contributed by atoms with Crippen LogP contribution in [0.15, 0.2) is 55.0 Å². The van der Waals surface area contributed by atoms with Gasteiger partial charge in [-0.2, -0.15) is 5.10 Å². The van der Waals surface area contributed by atoms with E-state index in [1.165, 1.54) is 11.1 Å². The lowest BCUT2D eigenvalue weighted by molar-refractivity contribution is 0.218. The average Bonchev–Trinajstić information content (AvgIpc) is 3.03. The van der Waals surface area contributed by atoms with Crippen LogP contribution in [0.3, 0.4) is 0 Å². The summed E-state index contributed by atoms with van der Waals surface area (Å²) in [4.78, 5) is 4.09. The first-order valence-electron chi connectivity index (χ1n) is 8.64. The summed E-state index contributed by atoms with van der Waals surface area (Å²) in [6, 6.07) is 12.3. The molecule has 128 valence electrons. The van der Waals surface area contributed by atoms with Gasteiger partial charge in [-0.25, -0.2) is 0 Å². The van der Waals surface area contributed by atoms with Crippen molar-refractivity contribution in [3.8, 4) is 17.0 Å². The minimum absolute atomic E-state index is 0.496. The maximum atomic E-state index is 5.87. The molecule has 25 heavy (non-hydrogen) atoms. The first-order chi connectivity index (χ1) is 12.3. The Morgan fingerprint density at radius 1 is 1.20 bits per heavy atom. The Hall–Kier alpha value is -2.66. The number of para-hydroxylation sites is 1. The fourth-order valence-electron chi connectivity index (χ4n) is 3.35. The quantitative estimate of drug-likeness (QED) is 0.779. The lowest BCUT2D eigenvalue weighted by Gasteiger charge is -2.25. The Labute approximate surface area is 147 Å². The van der Waals surface area contributed by atoms with Gasteiger partial charge in [-0.1, -0.05) is 18.2 Å². The number of hydrogen-bond donors (Lipinski definition) is 1. The Bertz CT molecular complexity index is 844. The second kappa shape index (κ2) is 7.07. The fourth-order valence-corrected chi connectivity index (χ4v) is 3.35. The Kier molecular flexibility index (Phi) is 4.48. The van der Waals surface area contributed by atoms with Crippen molar-refractivity contribution in [3.63, 3.8) is 0 Å². The molecule has 1 aliphatic heterocycles. The van der Waals surface area contributed by atoms with Gasteiger partial charge in [0.1, 0.15) is 5.75 Å². The van der Waals surface area contributed by atoms with Gasteiger partial charge in [0.25, 0.3) is 0 Å². The zero-order valence-corrected chi connectivity index (χ0v) is 14.4. The van der Waals surface area contributed by atoms with Crippen LogP contribution >= 0.6 is 0 Å². The van der Waals surface area contributed by atoms with Gasteiger partial charge in [-0.05, 0) is 30.2 Å². The molecule has 0 amide bonds. The zero-order valence-electron chi connectivity index (χ0n) is 14.4. The maximum Gasteiger partial charge on any atom is 0.122 e. The summed E-state index contributed by atoms with van der Waals surface area (Å²) >= 11 is 0. The van der Waals surface area contributed by atoms with Gasteiger partial charge in [-0.3, -0.25) is 9.67 Å². The lowest BCUT2D eigenvalue weighted by Crippen LogP contribution is -2.31. The number of aromatic nitrogens is 3. The minimum atomic E-state index is 0.496. The van der Waals surface area contributed by atoms with Crippen molar-refractivity contribution in [2.75, 3.05) is 13.2 Å². The highest BCUT2D eigenvalue weighted by Gasteiger charge is 2.19. The number of rotatable bonds is 5. The van der Waals surface area contributed by atoms with E-state index in [1.54, 1.807) is 12.4 Å². The molecule has 1 atom stereocenters. The molecule has 1 N–H and O–H groups in total. The lowest BCUT2D eigenvalue weighted by atomic mass is 9.96. The first-order valence-corrected chi connectivity index (χ1v) is 8.64. The summed E-state index contributed by atoms with van der Waals surface area (Å²) in [5.41, 5.74) is 4.62. The van der Waals surface area contributed by atoms with Gasteiger partial charge in [0.15, 0.2) is 0 Å². The highest BCUT2D eigenvalue weighted by molar-refractivity contribution is 5.61. The minimum Gasteiger partial charge on any atom is -0.493 e. The SMILES string of the molecule is Cn1cc(CNC[C@H]2COc3ccccc3C2)c(-c2ccncc2)n1. The number of nitrogens with zero attached hydrogens (tertiary/aromatic N) is 3. The number of pyridine rings is 1. The molecule has 0 fully saturated rings. The largest absolute Gasteiger partial charge is 0.493 e. The predicted molar refractivity (Wildman–Crippen MR) is 97.3 cm³/mol. The molecule has 5 heteroatoms. The number of nitrogens with one attached hydrogen (secondary N) is 1. The van der Waals surface area contributed by atoms with E-state index in [4.69, 9.17) is 4.74 Å². The van der Waals surface area contributed by atoms with Crippen LogP contribution in [0.25, 0.3) is 11.3 Å². The molecule has 0 saturated carbocycles. The highest BCUT2D eigenvalue weighted by atomic mass is 16.5. The molecule has 4 rings (SSSR count). The van der Waals surface area contributed by atoms with Crippen LogP contribution in [0.5, 0.6) is 5.75 Å². The molecule has 3 aromatic rings. The van der Waals surface area contributed by atoms with E-state index in [-0.39, 0.29) is 0 Å². The van der Waals surface area contributed by atoms with Crippen molar-refractivity contribution < 1.29 is 4.74 Å². The summed E-state index contributed by atoms with van der Waals surface area (Å²) in [6.07, 6.45) is 6.75. The summed E-state index contributed by atoms with van der Waals surface area (Å²) in [5, 5.41) is 8.18. The monoisotopic (exact) mass is 334 g/mol. The van der Waals surface area contributed by atoms with E-state index in [2.05, 4.69) is 39.8 Å². The second-order valence-corrected chi connectivity index (χ2v) is 6.53. The molecule has 3 heterocycles. The molecule has 1 aliphatic rings. The third-order valence-corrected chi connectivity index (χ3v) is 4.56. The van der Waals surface area contributed by atoms with Crippen LogP contribution in [-0.4, -0.2) is 27.9 Å². The van der Waals surface area contributed by atoms with Crippen molar-refractivity contribution in [3.05, 3.63) is 66.1 Å². The molecule has 0 aliphatic carbocycles. The average molecular weight is 334 g/mol. The van der Waals surface area contributed by atoms with Crippen LogP contribution in [0.1, 0.15) is 11.1 Å². The number of fused-ring (bicyclic) bond motifs is 1.